The van der Waals surface area contributed by atoms with Gasteiger partial charge in [0.05, 0.1) is 26.2 Å². The average molecular weight is 308 g/mol. The fourth-order valence-corrected chi connectivity index (χ4v) is 2.80. The monoisotopic (exact) mass is 308 g/mol. The molecule has 2 aromatic rings. The number of nitrogens with one attached hydrogen (secondary N) is 1. The van der Waals surface area contributed by atoms with Crippen molar-refractivity contribution in [3.63, 3.8) is 0 Å². The quantitative estimate of drug-likeness (QED) is 0.846. The minimum atomic E-state index is 0.645. The minimum Gasteiger partial charge on any atom is -0.496 e. The number of benzene rings is 1. The molecule has 0 spiro atoms. The third-order valence-electron chi connectivity index (χ3n) is 3.00. The molecule has 0 aliphatic carbocycles. The van der Waals surface area contributed by atoms with Crippen LogP contribution in [0.4, 0.5) is 5.13 Å². The predicted octanol–water partition coefficient (Wildman–Crippen LogP) is 3.66. The topological polar surface area (TPSA) is 52.6 Å². The summed E-state index contributed by atoms with van der Waals surface area (Å²) in [6.07, 6.45) is 2.90. The predicted molar refractivity (Wildman–Crippen MR) is 86.0 cm³/mol. The molecule has 0 saturated heterocycles. The smallest absolute Gasteiger partial charge is 0.183 e. The van der Waals surface area contributed by atoms with Crippen LogP contribution in [0.25, 0.3) is 10.4 Å². The SMILES string of the molecule is CCCNc1ncc(-c2cc(OC)c(OC)cc2OC)s1. The lowest BCUT2D eigenvalue weighted by atomic mass is 10.1. The molecule has 1 aromatic carbocycles. The second-order valence-electron chi connectivity index (χ2n) is 4.36. The van der Waals surface area contributed by atoms with Crippen LogP contribution in [0.15, 0.2) is 18.3 Å². The van der Waals surface area contributed by atoms with Gasteiger partial charge in [0.1, 0.15) is 5.75 Å². The molecule has 0 aliphatic heterocycles. The van der Waals surface area contributed by atoms with Crippen molar-refractivity contribution in [2.75, 3.05) is 33.2 Å². The van der Waals surface area contributed by atoms with Crippen LogP contribution in [0, 0.1) is 0 Å². The van der Waals surface area contributed by atoms with Crippen LogP contribution < -0.4 is 19.5 Å². The summed E-state index contributed by atoms with van der Waals surface area (Å²) in [6.45, 7) is 3.04. The van der Waals surface area contributed by atoms with E-state index in [9.17, 15) is 0 Å². The largest absolute Gasteiger partial charge is 0.496 e. The van der Waals surface area contributed by atoms with Gasteiger partial charge in [-0.1, -0.05) is 18.3 Å². The van der Waals surface area contributed by atoms with Crippen LogP contribution in [0.2, 0.25) is 0 Å². The molecule has 0 bridgehead atoms. The summed E-state index contributed by atoms with van der Waals surface area (Å²) in [7, 11) is 4.87. The summed E-state index contributed by atoms with van der Waals surface area (Å²) in [5, 5.41) is 4.19. The Bertz CT molecular complexity index is 599. The molecular formula is C15H20N2O3S. The van der Waals surface area contributed by atoms with Crippen molar-refractivity contribution in [3.8, 4) is 27.7 Å². The number of hydrogen-bond acceptors (Lipinski definition) is 6. The standard InChI is InChI=1S/C15H20N2O3S/c1-5-6-16-15-17-9-14(21-15)10-7-12(19-3)13(20-4)8-11(10)18-2/h7-9H,5-6H2,1-4H3,(H,16,17). The number of anilines is 1. The fourth-order valence-electron chi connectivity index (χ4n) is 1.93. The lowest BCUT2D eigenvalue weighted by Crippen LogP contribution is -1.97. The molecule has 0 saturated carbocycles. The van der Waals surface area contributed by atoms with E-state index >= 15 is 0 Å². The van der Waals surface area contributed by atoms with E-state index in [2.05, 4.69) is 17.2 Å². The van der Waals surface area contributed by atoms with Gasteiger partial charge in [-0.3, -0.25) is 0 Å². The molecule has 0 fully saturated rings. The molecule has 2 rings (SSSR count). The van der Waals surface area contributed by atoms with Crippen molar-refractivity contribution in [1.82, 2.24) is 4.98 Å². The van der Waals surface area contributed by atoms with E-state index in [-0.39, 0.29) is 0 Å². The minimum absolute atomic E-state index is 0.645. The van der Waals surface area contributed by atoms with Gasteiger partial charge in [-0.15, -0.1) is 0 Å². The van der Waals surface area contributed by atoms with E-state index < -0.39 is 0 Å². The van der Waals surface area contributed by atoms with Gasteiger partial charge in [0.15, 0.2) is 16.6 Å². The van der Waals surface area contributed by atoms with Crippen LogP contribution in [0.1, 0.15) is 13.3 Å². The maximum Gasteiger partial charge on any atom is 0.183 e. The Morgan fingerprint density at radius 3 is 2.33 bits per heavy atom. The van der Waals surface area contributed by atoms with Gasteiger partial charge in [-0.25, -0.2) is 4.98 Å². The maximum absolute atomic E-state index is 5.46. The van der Waals surface area contributed by atoms with Crippen LogP contribution in [0.3, 0.4) is 0 Å². The molecule has 0 atom stereocenters. The number of ether oxygens (including phenoxy) is 3. The van der Waals surface area contributed by atoms with Crippen molar-refractivity contribution >= 4 is 16.5 Å². The van der Waals surface area contributed by atoms with Crippen LogP contribution in [0.5, 0.6) is 17.2 Å². The highest BCUT2D eigenvalue weighted by Crippen LogP contribution is 2.42. The Hall–Kier alpha value is -1.95. The Labute approximate surface area is 128 Å². The van der Waals surface area contributed by atoms with E-state index in [1.807, 2.05) is 18.3 Å². The molecular weight excluding hydrogens is 288 g/mol. The maximum atomic E-state index is 5.46. The molecule has 0 aliphatic rings. The molecule has 5 nitrogen and oxygen atoms in total. The molecule has 1 heterocycles. The van der Waals surface area contributed by atoms with Crippen LogP contribution in [-0.4, -0.2) is 32.9 Å². The van der Waals surface area contributed by atoms with E-state index in [0.29, 0.717) is 11.5 Å². The van der Waals surface area contributed by atoms with Gasteiger partial charge < -0.3 is 19.5 Å². The summed E-state index contributed by atoms with van der Waals surface area (Å²) in [6, 6.07) is 3.74. The van der Waals surface area contributed by atoms with Crippen molar-refractivity contribution in [3.05, 3.63) is 18.3 Å². The highest BCUT2D eigenvalue weighted by molar-refractivity contribution is 7.18. The van der Waals surface area contributed by atoms with Crippen LogP contribution in [-0.2, 0) is 0 Å². The highest BCUT2D eigenvalue weighted by Gasteiger charge is 2.15. The number of rotatable bonds is 7. The molecule has 1 aromatic heterocycles. The summed E-state index contributed by atoms with van der Waals surface area (Å²) in [5.74, 6) is 2.05. The van der Waals surface area contributed by atoms with Gasteiger partial charge >= 0.3 is 0 Å². The Kier molecular flexibility index (Phi) is 5.27. The zero-order valence-corrected chi connectivity index (χ0v) is 13.5. The molecule has 114 valence electrons. The summed E-state index contributed by atoms with van der Waals surface area (Å²) in [4.78, 5) is 5.40. The summed E-state index contributed by atoms with van der Waals surface area (Å²) < 4.78 is 16.1. The Morgan fingerprint density at radius 2 is 1.71 bits per heavy atom. The second-order valence-corrected chi connectivity index (χ2v) is 5.39. The third kappa shape index (κ3) is 3.39. The number of methoxy groups -OCH3 is 3. The van der Waals surface area contributed by atoms with Crippen molar-refractivity contribution < 1.29 is 14.2 Å². The zero-order valence-electron chi connectivity index (χ0n) is 12.7. The number of thiazole rings is 1. The first-order valence-corrected chi connectivity index (χ1v) is 7.55. The van der Waals surface area contributed by atoms with Gasteiger partial charge in [-0.05, 0) is 12.5 Å². The van der Waals surface area contributed by atoms with Crippen molar-refractivity contribution in [2.24, 2.45) is 0 Å². The molecule has 21 heavy (non-hydrogen) atoms. The summed E-state index contributed by atoms with van der Waals surface area (Å²) >= 11 is 1.59. The van der Waals surface area contributed by atoms with E-state index in [4.69, 9.17) is 14.2 Å². The average Bonchev–Trinajstić information content (AvgIpc) is 3.00. The lowest BCUT2D eigenvalue weighted by molar-refractivity contribution is 0.349. The number of aromatic nitrogens is 1. The lowest BCUT2D eigenvalue weighted by Gasteiger charge is -2.12. The second kappa shape index (κ2) is 7.17. The first kappa shape index (κ1) is 15.4. The number of nitrogens with zero attached hydrogens (tertiary/aromatic N) is 1. The molecule has 0 unspecified atom stereocenters. The van der Waals surface area contributed by atoms with Crippen LogP contribution >= 0.6 is 11.3 Å². The first-order valence-electron chi connectivity index (χ1n) is 6.73. The van der Waals surface area contributed by atoms with E-state index in [1.165, 1.54) is 0 Å². The van der Waals surface area contributed by atoms with Crippen molar-refractivity contribution in [1.29, 1.82) is 0 Å². The Balaban J connectivity index is 2.39. The first-order chi connectivity index (χ1) is 10.2. The normalized spacial score (nSPS) is 10.3. The molecule has 0 amide bonds. The summed E-state index contributed by atoms with van der Waals surface area (Å²) in [5.41, 5.74) is 0.942. The van der Waals surface area contributed by atoms with E-state index in [0.717, 1.165) is 34.3 Å². The molecule has 0 radical (unpaired) electrons. The fraction of sp³-hybridized carbons (Fsp3) is 0.400. The molecule has 6 heteroatoms. The number of hydrogen-bond donors (Lipinski definition) is 1. The highest BCUT2D eigenvalue weighted by atomic mass is 32.1. The Morgan fingerprint density at radius 1 is 1.05 bits per heavy atom. The molecule has 1 N–H and O–H groups in total. The zero-order chi connectivity index (χ0) is 15.2. The van der Waals surface area contributed by atoms with Gasteiger partial charge in [0, 0.05) is 24.4 Å². The van der Waals surface area contributed by atoms with Gasteiger partial charge in [0.2, 0.25) is 0 Å². The van der Waals surface area contributed by atoms with Gasteiger partial charge in [0.25, 0.3) is 0 Å². The van der Waals surface area contributed by atoms with E-state index in [1.54, 1.807) is 32.7 Å². The van der Waals surface area contributed by atoms with Gasteiger partial charge in [-0.2, -0.15) is 0 Å². The van der Waals surface area contributed by atoms with Crippen molar-refractivity contribution in [2.45, 2.75) is 13.3 Å². The third-order valence-corrected chi connectivity index (χ3v) is 3.99.